The van der Waals surface area contributed by atoms with Crippen LogP contribution in [0.5, 0.6) is 0 Å². The molecule has 0 heterocycles. The van der Waals surface area contributed by atoms with E-state index in [9.17, 15) is 4.79 Å². The maximum absolute atomic E-state index is 10.3. The van der Waals surface area contributed by atoms with Crippen LogP contribution >= 0.6 is 0 Å². The van der Waals surface area contributed by atoms with Gasteiger partial charge in [-0.25, -0.2) is 0 Å². The van der Waals surface area contributed by atoms with E-state index in [-0.39, 0.29) is 79.3 Å². The number of hydrogen-bond acceptors (Lipinski definition) is 19. The maximum Gasteiger partial charge on any atom is 0.303 e. The Labute approximate surface area is 332 Å². The molecule has 0 atom stereocenters. The summed E-state index contributed by atoms with van der Waals surface area (Å²) in [5.74, 6) is -0.664. The van der Waals surface area contributed by atoms with Crippen LogP contribution < -0.4 is 0 Å². The van der Waals surface area contributed by atoms with E-state index in [1.165, 1.54) is 70.6 Å². The highest BCUT2D eigenvalue weighted by Gasteiger charge is 1.98. The number of unbranched alkanes of at least 4 members (excludes halogenated alkanes) is 11. The van der Waals surface area contributed by atoms with Crippen molar-refractivity contribution in [1.29, 1.82) is 0 Å². The molecule has 0 bridgehead atoms. The monoisotopic (exact) mass is 835 g/mol. The third kappa shape index (κ3) is 89.2. The number of carboxylic acids is 1. The molecule has 0 aromatic heterocycles. The lowest BCUT2D eigenvalue weighted by Crippen LogP contribution is -2.15. The Bertz CT molecular complexity index is 579. The summed E-state index contributed by atoms with van der Waals surface area (Å²) in [5, 5.41) is 153. The minimum absolute atomic E-state index is 0.332. The molecule has 0 saturated carbocycles. The summed E-state index contributed by atoms with van der Waals surface area (Å²) in [5.41, 5.74) is 0. The molecule has 0 aromatic carbocycles. The van der Waals surface area contributed by atoms with Gasteiger partial charge in [0.2, 0.25) is 0 Å². The van der Waals surface area contributed by atoms with Gasteiger partial charge in [-0.2, -0.15) is 0 Å². The fourth-order valence-corrected chi connectivity index (χ4v) is 2.69. The Kier molecular flexibility index (Phi) is 80.7. The summed E-state index contributed by atoms with van der Waals surface area (Å²) in [7, 11) is 0. The number of aliphatic carboxylic acids is 1. The predicted molar refractivity (Wildman–Crippen MR) is 208 cm³/mol. The molecule has 0 saturated heterocycles. The van der Waals surface area contributed by atoms with Crippen molar-refractivity contribution in [2.75, 3.05) is 79.3 Å². The van der Waals surface area contributed by atoms with Crippen LogP contribution in [-0.4, -0.2) is 219 Å². The summed E-state index contributed by atoms with van der Waals surface area (Å²) in [4.78, 5) is 10.3. The van der Waals surface area contributed by atoms with E-state index in [1.54, 1.807) is 0 Å². The van der Waals surface area contributed by atoms with Gasteiger partial charge in [-0.15, -0.1) is 0 Å². The molecule has 19 N–H and O–H groups in total. The average molecular weight is 835 g/mol. The Balaban J connectivity index is -0.000000111. The first kappa shape index (κ1) is 69.1. The van der Waals surface area contributed by atoms with Crippen LogP contribution in [0.25, 0.3) is 0 Å². The second-order valence-corrected chi connectivity index (χ2v) is 11.8. The summed E-state index contributed by atoms with van der Waals surface area (Å²) in [6.07, 6.45) is 15.5. The highest BCUT2D eigenvalue weighted by Crippen LogP contribution is 2.09. The zero-order chi connectivity index (χ0) is 44.8. The molecular formula is C36H82O20. The van der Waals surface area contributed by atoms with Crippen LogP contribution in [0.1, 0.15) is 96.8 Å². The van der Waals surface area contributed by atoms with Crippen LogP contribution in [0, 0.1) is 0 Å². The number of aliphatic hydroxyl groups is 18. The lowest BCUT2D eigenvalue weighted by Gasteiger charge is -1.99. The minimum Gasteiger partial charge on any atom is -0.481 e. The molecular weight excluding hydrogens is 752 g/mol. The lowest BCUT2D eigenvalue weighted by atomic mass is 10.1. The molecule has 56 heavy (non-hydrogen) atoms. The largest absolute Gasteiger partial charge is 0.481 e. The second kappa shape index (κ2) is 65.3. The standard InChI is InChI=1S/C18H34O2.6C3H8O3/c1-2-3-4-5-6-7-8-9-10-11-12-13-14-15-16-17-18(19)20;6*4-1-3(6)2-5/h9-10H,2-8,11-17H2,1H3,(H,19,20);6*3-6H,1-2H2. The van der Waals surface area contributed by atoms with Gasteiger partial charge >= 0.3 is 5.97 Å². The Hall–Kier alpha value is -1.51. The van der Waals surface area contributed by atoms with Crippen molar-refractivity contribution >= 4 is 5.97 Å². The average Bonchev–Trinajstić information content (AvgIpc) is 3.24. The zero-order valence-electron chi connectivity index (χ0n) is 33.4. The van der Waals surface area contributed by atoms with Gasteiger partial charge in [-0.05, 0) is 32.1 Å². The molecule has 0 spiro atoms. The predicted octanol–water partition coefficient (Wildman–Crippen LogP) is -3.90. The van der Waals surface area contributed by atoms with Gasteiger partial charge in [0.25, 0.3) is 0 Å². The normalized spacial score (nSPS) is 10.4. The van der Waals surface area contributed by atoms with Crippen molar-refractivity contribution < 1.29 is 102 Å². The van der Waals surface area contributed by atoms with Gasteiger partial charge in [0.15, 0.2) is 0 Å². The first-order valence-corrected chi connectivity index (χ1v) is 18.9. The Morgan fingerprint density at radius 2 is 0.554 bits per heavy atom. The van der Waals surface area contributed by atoms with Crippen LogP contribution in [-0.2, 0) is 4.79 Å². The number of carboxylic acid groups (broad SMARTS) is 1. The number of allylic oxidation sites excluding steroid dienone is 2. The van der Waals surface area contributed by atoms with Crippen molar-refractivity contribution in [3.8, 4) is 0 Å². The highest BCUT2D eigenvalue weighted by molar-refractivity contribution is 5.66. The van der Waals surface area contributed by atoms with Crippen LogP contribution in [0.15, 0.2) is 12.2 Å². The number of hydrogen-bond donors (Lipinski definition) is 19. The smallest absolute Gasteiger partial charge is 0.303 e. The summed E-state index contributed by atoms with van der Waals surface area (Å²) in [6.45, 7) is -2.12. The van der Waals surface area contributed by atoms with Crippen molar-refractivity contribution in [3.63, 3.8) is 0 Å². The van der Waals surface area contributed by atoms with E-state index in [2.05, 4.69) is 19.1 Å². The van der Waals surface area contributed by atoms with Gasteiger partial charge in [-0.3, -0.25) is 4.79 Å². The molecule has 0 radical (unpaired) electrons. The third-order valence-corrected chi connectivity index (χ3v) is 6.18. The minimum atomic E-state index is -0.954. The van der Waals surface area contributed by atoms with E-state index in [0.29, 0.717) is 6.42 Å². The highest BCUT2D eigenvalue weighted by atomic mass is 16.4. The van der Waals surface area contributed by atoms with E-state index in [4.69, 9.17) is 97.0 Å². The summed E-state index contributed by atoms with van der Waals surface area (Å²) >= 11 is 0. The lowest BCUT2D eigenvalue weighted by molar-refractivity contribution is -0.137. The van der Waals surface area contributed by atoms with Gasteiger partial charge in [0.05, 0.1) is 79.3 Å². The van der Waals surface area contributed by atoms with E-state index in [0.717, 1.165) is 12.8 Å². The van der Waals surface area contributed by atoms with Gasteiger partial charge in [0.1, 0.15) is 36.6 Å². The van der Waals surface area contributed by atoms with Crippen LogP contribution in [0.3, 0.4) is 0 Å². The molecule has 0 aliphatic heterocycles. The van der Waals surface area contributed by atoms with Crippen LogP contribution in [0.2, 0.25) is 0 Å². The van der Waals surface area contributed by atoms with Crippen LogP contribution in [0.4, 0.5) is 0 Å². The molecule has 0 fully saturated rings. The topological polar surface area (TPSA) is 401 Å². The molecule has 20 heteroatoms. The molecule has 0 aliphatic rings. The van der Waals surface area contributed by atoms with Crippen molar-refractivity contribution in [3.05, 3.63) is 12.2 Å². The van der Waals surface area contributed by atoms with Crippen molar-refractivity contribution in [2.45, 2.75) is 133 Å². The first-order chi connectivity index (χ1) is 26.6. The number of aliphatic hydroxyl groups excluding tert-OH is 18. The van der Waals surface area contributed by atoms with Gasteiger partial charge in [-0.1, -0.05) is 70.4 Å². The van der Waals surface area contributed by atoms with E-state index in [1.807, 2.05) is 0 Å². The molecule has 0 aromatic rings. The molecule has 20 nitrogen and oxygen atoms in total. The zero-order valence-corrected chi connectivity index (χ0v) is 33.4. The number of rotatable bonds is 27. The van der Waals surface area contributed by atoms with E-state index >= 15 is 0 Å². The van der Waals surface area contributed by atoms with Crippen molar-refractivity contribution in [2.24, 2.45) is 0 Å². The third-order valence-electron chi connectivity index (χ3n) is 6.18. The summed E-state index contributed by atoms with van der Waals surface area (Å²) < 4.78 is 0. The molecule has 0 aliphatic carbocycles. The molecule has 346 valence electrons. The molecule has 0 unspecified atom stereocenters. The second-order valence-electron chi connectivity index (χ2n) is 11.8. The SMILES string of the molecule is CCCCCCCCC=CCCCCCCCC(=O)O.OCC(O)CO.OCC(O)CO.OCC(O)CO.OCC(O)CO.OCC(O)CO.OCC(O)CO. The molecule has 0 rings (SSSR count). The first-order valence-electron chi connectivity index (χ1n) is 18.9. The fourth-order valence-electron chi connectivity index (χ4n) is 2.69. The Morgan fingerprint density at radius 3 is 0.732 bits per heavy atom. The maximum atomic E-state index is 10.3. The summed E-state index contributed by atoms with van der Waals surface area (Å²) in [6, 6.07) is 0. The van der Waals surface area contributed by atoms with Gasteiger partial charge < -0.3 is 97.0 Å². The fraction of sp³-hybridized carbons (Fsp3) is 0.917. The number of carbonyl (C=O) groups is 1. The van der Waals surface area contributed by atoms with E-state index < -0.39 is 42.6 Å². The van der Waals surface area contributed by atoms with Gasteiger partial charge in [0, 0.05) is 6.42 Å². The van der Waals surface area contributed by atoms with Crippen molar-refractivity contribution in [1.82, 2.24) is 0 Å². The quantitative estimate of drug-likeness (QED) is 0.0278. The Morgan fingerprint density at radius 1 is 0.357 bits per heavy atom. The molecule has 0 amide bonds.